The van der Waals surface area contributed by atoms with Gasteiger partial charge in [0.1, 0.15) is 18.1 Å². The first-order valence-corrected chi connectivity index (χ1v) is 9.79. The number of nitrogens with one attached hydrogen (secondary N) is 1. The molecule has 2 amide bonds. The molecule has 1 unspecified atom stereocenters. The lowest BCUT2D eigenvalue weighted by Gasteiger charge is -2.34. The van der Waals surface area contributed by atoms with Crippen LogP contribution in [0.1, 0.15) is 18.5 Å². The molecule has 0 aromatic heterocycles. The molecule has 0 fully saturated rings. The number of halogens is 1. The molecule has 0 spiro atoms. The zero-order valence-corrected chi connectivity index (χ0v) is 17.7. The molecule has 7 nitrogen and oxygen atoms in total. The van der Waals surface area contributed by atoms with E-state index in [0.29, 0.717) is 27.8 Å². The Morgan fingerprint density at radius 2 is 1.97 bits per heavy atom. The number of nitrogens with zero attached hydrogens (tertiary/aromatic N) is 1. The van der Waals surface area contributed by atoms with Gasteiger partial charge in [-0.05, 0) is 31.2 Å². The summed E-state index contributed by atoms with van der Waals surface area (Å²) in [7, 11) is 3.11. The zero-order chi connectivity index (χ0) is 21.7. The highest BCUT2D eigenvalue weighted by Gasteiger charge is 2.38. The van der Waals surface area contributed by atoms with Gasteiger partial charge in [-0.1, -0.05) is 35.9 Å². The van der Waals surface area contributed by atoms with Gasteiger partial charge < -0.3 is 19.5 Å². The lowest BCUT2D eigenvalue weighted by molar-refractivity contribution is -0.139. The lowest BCUT2D eigenvalue weighted by Crippen LogP contribution is -2.48. The number of hydrogen-bond acceptors (Lipinski definition) is 5. The van der Waals surface area contributed by atoms with Crippen molar-refractivity contribution in [2.75, 3.05) is 27.4 Å². The Balaban J connectivity index is 2.07. The van der Waals surface area contributed by atoms with Crippen molar-refractivity contribution in [1.82, 2.24) is 10.2 Å². The van der Waals surface area contributed by atoms with E-state index in [1.807, 2.05) is 12.1 Å². The van der Waals surface area contributed by atoms with E-state index in [0.717, 1.165) is 0 Å². The predicted molar refractivity (Wildman–Crippen MR) is 113 cm³/mol. The molecule has 30 heavy (non-hydrogen) atoms. The molecule has 0 aliphatic carbocycles. The van der Waals surface area contributed by atoms with Crippen molar-refractivity contribution >= 4 is 23.6 Å². The van der Waals surface area contributed by atoms with Gasteiger partial charge in [-0.2, -0.15) is 0 Å². The monoisotopic (exact) mass is 430 g/mol. The minimum atomic E-state index is -0.748. The number of amides is 2. The van der Waals surface area contributed by atoms with Crippen LogP contribution in [0.4, 0.5) is 4.79 Å². The second-order valence-corrected chi connectivity index (χ2v) is 6.95. The summed E-state index contributed by atoms with van der Waals surface area (Å²) in [6.07, 6.45) is 0. The van der Waals surface area contributed by atoms with E-state index < -0.39 is 12.0 Å². The van der Waals surface area contributed by atoms with E-state index in [4.69, 9.17) is 25.8 Å². The number of esters is 1. The van der Waals surface area contributed by atoms with E-state index in [9.17, 15) is 9.59 Å². The van der Waals surface area contributed by atoms with Gasteiger partial charge in [-0.15, -0.1) is 0 Å². The molecule has 0 bridgehead atoms. The first-order chi connectivity index (χ1) is 14.5. The maximum absolute atomic E-state index is 12.9. The molecule has 1 atom stereocenters. The molecule has 8 heteroatoms. The third kappa shape index (κ3) is 4.52. The molecule has 3 rings (SSSR count). The van der Waals surface area contributed by atoms with Crippen molar-refractivity contribution in [3.8, 4) is 11.5 Å². The molecule has 1 heterocycles. The molecule has 1 N–H and O–H groups in total. The smallest absolute Gasteiger partial charge is 0.338 e. The number of likely N-dealkylation sites (N-methyl/N-ethyl adjacent to an activating group) is 1. The third-order valence-electron chi connectivity index (χ3n) is 4.69. The minimum Gasteiger partial charge on any atom is -0.496 e. The summed E-state index contributed by atoms with van der Waals surface area (Å²) in [6, 6.07) is 13.0. The number of methoxy groups -OCH3 is 1. The Morgan fingerprint density at radius 1 is 1.20 bits per heavy atom. The summed E-state index contributed by atoms with van der Waals surface area (Å²) < 4.78 is 16.6. The molecule has 1 aliphatic rings. The largest absolute Gasteiger partial charge is 0.496 e. The van der Waals surface area contributed by atoms with Crippen LogP contribution in [0.25, 0.3) is 0 Å². The van der Waals surface area contributed by atoms with Crippen LogP contribution in [0.3, 0.4) is 0 Å². The lowest BCUT2D eigenvalue weighted by atomic mass is 9.94. The number of hydrogen-bond donors (Lipinski definition) is 1. The van der Waals surface area contributed by atoms with E-state index in [2.05, 4.69) is 5.32 Å². The van der Waals surface area contributed by atoms with Gasteiger partial charge in [0.15, 0.2) is 0 Å². The Bertz CT molecular complexity index is 976. The van der Waals surface area contributed by atoms with Crippen LogP contribution >= 0.6 is 11.6 Å². The number of rotatable bonds is 7. The van der Waals surface area contributed by atoms with E-state index in [-0.39, 0.29) is 24.8 Å². The first kappa shape index (κ1) is 21.5. The maximum atomic E-state index is 12.9. The summed E-state index contributed by atoms with van der Waals surface area (Å²) >= 11 is 6.02. The van der Waals surface area contributed by atoms with Crippen molar-refractivity contribution in [3.63, 3.8) is 0 Å². The summed E-state index contributed by atoms with van der Waals surface area (Å²) in [5, 5.41) is 3.38. The topological polar surface area (TPSA) is 77.1 Å². The number of carbonyl (C=O) groups excluding carboxylic acids is 2. The normalized spacial score (nSPS) is 16.2. The van der Waals surface area contributed by atoms with Gasteiger partial charge in [-0.3, -0.25) is 4.90 Å². The second-order valence-electron chi connectivity index (χ2n) is 6.51. The second kappa shape index (κ2) is 9.54. The summed E-state index contributed by atoms with van der Waals surface area (Å²) in [5.41, 5.74) is 1.32. The quantitative estimate of drug-likeness (QED) is 0.673. The molecule has 0 radical (unpaired) electrons. The summed E-state index contributed by atoms with van der Waals surface area (Å²) in [6.45, 7) is 1.90. The van der Waals surface area contributed by atoms with Crippen molar-refractivity contribution < 1.29 is 23.8 Å². The highest BCUT2D eigenvalue weighted by molar-refractivity contribution is 6.30. The fraction of sp³-hybridized carbons (Fsp3) is 0.273. The molecular formula is C22H23ClN2O5. The maximum Gasteiger partial charge on any atom is 0.338 e. The van der Waals surface area contributed by atoms with E-state index >= 15 is 0 Å². The van der Waals surface area contributed by atoms with Gasteiger partial charge in [0.2, 0.25) is 0 Å². The molecule has 0 saturated heterocycles. The van der Waals surface area contributed by atoms with Crippen molar-refractivity contribution in [3.05, 3.63) is 70.4 Å². The van der Waals surface area contributed by atoms with Crippen LogP contribution in [-0.2, 0) is 9.53 Å². The van der Waals surface area contributed by atoms with Crippen LogP contribution in [0.15, 0.2) is 59.8 Å². The zero-order valence-electron chi connectivity index (χ0n) is 17.0. The summed E-state index contributed by atoms with van der Waals surface area (Å²) in [5.74, 6) is 0.528. The molecule has 2 aromatic rings. The van der Waals surface area contributed by atoms with E-state index in [1.54, 1.807) is 50.4 Å². The fourth-order valence-electron chi connectivity index (χ4n) is 3.23. The standard InChI is InChI=1S/C22H23ClN2O5/c1-4-29-21(26)19-17(13-30-15-9-7-8-14(23)12-15)25(2)22(27)24-20(19)16-10-5-6-11-18(16)28-3/h5-12,20H,4,13H2,1-3H3,(H,24,27). The average Bonchev–Trinajstić information content (AvgIpc) is 2.74. The Labute approximate surface area is 180 Å². The van der Waals surface area contributed by atoms with Crippen LogP contribution in [-0.4, -0.2) is 44.3 Å². The van der Waals surface area contributed by atoms with Crippen molar-refractivity contribution in [2.24, 2.45) is 0 Å². The first-order valence-electron chi connectivity index (χ1n) is 9.42. The number of ether oxygens (including phenoxy) is 3. The van der Waals surface area contributed by atoms with Crippen molar-refractivity contribution in [1.29, 1.82) is 0 Å². The van der Waals surface area contributed by atoms with Gasteiger partial charge in [0.25, 0.3) is 0 Å². The van der Waals surface area contributed by atoms with Gasteiger partial charge in [-0.25, -0.2) is 9.59 Å². The Hall–Kier alpha value is -3.19. The van der Waals surface area contributed by atoms with Crippen LogP contribution in [0.2, 0.25) is 5.02 Å². The van der Waals surface area contributed by atoms with Gasteiger partial charge in [0, 0.05) is 17.6 Å². The molecule has 158 valence electrons. The van der Waals surface area contributed by atoms with Crippen molar-refractivity contribution in [2.45, 2.75) is 13.0 Å². The summed E-state index contributed by atoms with van der Waals surface area (Å²) in [4.78, 5) is 27.0. The average molecular weight is 431 g/mol. The predicted octanol–water partition coefficient (Wildman–Crippen LogP) is 3.94. The number of carbonyl (C=O) groups is 2. The minimum absolute atomic E-state index is 0.0238. The number of para-hydroxylation sites is 1. The fourth-order valence-corrected chi connectivity index (χ4v) is 3.41. The van der Waals surface area contributed by atoms with E-state index in [1.165, 1.54) is 12.0 Å². The molecular weight excluding hydrogens is 408 g/mol. The third-order valence-corrected chi connectivity index (χ3v) is 4.93. The van der Waals surface area contributed by atoms with Crippen LogP contribution in [0, 0.1) is 0 Å². The SMILES string of the molecule is CCOC(=O)C1=C(COc2cccc(Cl)c2)N(C)C(=O)NC1c1ccccc1OC. The Kier molecular flexibility index (Phi) is 6.84. The van der Waals surface area contributed by atoms with Gasteiger partial charge >= 0.3 is 12.0 Å². The molecule has 0 saturated carbocycles. The molecule has 1 aliphatic heterocycles. The highest BCUT2D eigenvalue weighted by atomic mass is 35.5. The number of urea groups is 1. The van der Waals surface area contributed by atoms with Gasteiger partial charge in [0.05, 0.1) is 31.0 Å². The van der Waals surface area contributed by atoms with Crippen LogP contribution in [0.5, 0.6) is 11.5 Å². The van der Waals surface area contributed by atoms with Crippen LogP contribution < -0.4 is 14.8 Å². The molecule has 2 aromatic carbocycles. The Morgan fingerprint density at radius 3 is 2.67 bits per heavy atom. The highest BCUT2D eigenvalue weighted by Crippen LogP contribution is 2.35. The number of benzene rings is 2.